The van der Waals surface area contributed by atoms with E-state index < -0.39 is 0 Å². The van der Waals surface area contributed by atoms with Crippen molar-refractivity contribution in [3.63, 3.8) is 0 Å². The van der Waals surface area contributed by atoms with Crippen LogP contribution in [0.15, 0.2) is 30.3 Å². The predicted octanol–water partition coefficient (Wildman–Crippen LogP) is 2.99. The number of hydrogen-bond acceptors (Lipinski definition) is 2. The average molecular weight is 261 g/mol. The SMILES string of the molecule is CCCCN(Cc1ccccc1)C(=O)[C@H]1CCCO1. The Morgan fingerprint density at radius 3 is 2.79 bits per heavy atom. The molecule has 0 aliphatic carbocycles. The van der Waals surface area contributed by atoms with Crippen LogP contribution in [0.3, 0.4) is 0 Å². The molecule has 0 radical (unpaired) electrons. The van der Waals surface area contributed by atoms with Crippen LogP contribution in [-0.4, -0.2) is 30.1 Å². The molecule has 3 heteroatoms. The summed E-state index contributed by atoms with van der Waals surface area (Å²) in [5.41, 5.74) is 1.19. The molecule has 1 aromatic carbocycles. The largest absolute Gasteiger partial charge is 0.368 e. The third-order valence-corrected chi connectivity index (χ3v) is 3.51. The van der Waals surface area contributed by atoms with Gasteiger partial charge in [0, 0.05) is 19.7 Å². The van der Waals surface area contributed by atoms with Gasteiger partial charge < -0.3 is 9.64 Å². The molecule has 0 unspecified atom stereocenters. The summed E-state index contributed by atoms with van der Waals surface area (Å²) in [5, 5.41) is 0. The molecule has 1 amide bonds. The lowest BCUT2D eigenvalue weighted by molar-refractivity contribution is -0.141. The van der Waals surface area contributed by atoms with Gasteiger partial charge in [-0.25, -0.2) is 0 Å². The van der Waals surface area contributed by atoms with E-state index in [0.29, 0.717) is 6.54 Å². The van der Waals surface area contributed by atoms with Crippen LogP contribution in [0, 0.1) is 0 Å². The molecule has 104 valence electrons. The zero-order valence-electron chi connectivity index (χ0n) is 11.7. The number of hydrogen-bond donors (Lipinski definition) is 0. The van der Waals surface area contributed by atoms with Crippen molar-refractivity contribution < 1.29 is 9.53 Å². The quantitative estimate of drug-likeness (QED) is 0.788. The van der Waals surface area contributed by atoms with Crippen molar-refractivity contribution in [2.24, 2.45) is 0 Å². The minimum atomic E-state index is -0.208. The molecular formula is C16H23NO2. The highest BCUT2D eigenvalue weighted by Crippen LogP contribution is 2.17. The highest BCUT2D eigenvalue weighted by atomic mass is 16.5. The molecule has 0 aromatic heterocycles. The third-order valence-electron chi connectivity index (χ3n) is 3.51. The minimum Gasteiger partial charge on any atom is -0.368 e. The standard InChI is InChI=1S/C16H23NO2/c1-2-3-11-17(13-14-8-5-4-6-9-14)16(18)15-10-7-12-19-15/h4-6,8-9,15H,2-3,7,10-13H2,1H3/t15-/m1/s1. The Bertz CT molecular complexity index is 385. The molecule has 0 N–H and O–H groups in total. The van der Waals surface area contributed by atoms with Crippen molar-refractivity contribution in [1.29, 1.82) is 0 Å². The van der Waals surface area contributed by atoms with Crippen LogP contribution in [0.4, 0.5) is 0 Å². The lowest BCUT2D eigenvalue weighted by Gasteiger charge is -2.25. The molecular weight excluding hydrogens is 238 g/mol. The lowest BCUT2D eigenvalue weighted by atomic mass is 10.1. The molecule has 3 nitrogen and oxygen atoms in total. The van der Waals surface area contributed by atoms with Crippen LogP contribution in [-0.2, 0) is 16.1 Å². The van der Waals surface area contributed by atoms with Crippen molar-refractivity contribution >= 4 is 5.91 Å². The molecule has 1 aliphatic heterocycles. The van der Waals surface area contributed by atoms with Crippen LogP contribution in [0.25, 0.3) is 0 Å². The predicted molar refractivity (Wildman–Crippen MR) is 75.7 cm³/mol. The summed E-state index contributed by atoms with van der Waals surface area (Å²) in [7, 11) is 0. The van der Waals surface area contributed by atoms with Crippen molar-refractivity contribution in [1.82, 2.24) is 4.90 Å². The van der Waals surface area contributed by atoms with E-state index in [1.807, 2.05) is 23.1 Å². The van der Waals surface area contributed by atoms with Crippen molar-refractivity contribution in [2.75, 3.05) is 13.2 Å². The van der Waals surface area contributed by atoms with E-state index in [4.69, 9.17) is 4.74 Å². The first-order valence-electron chi connectivity index (χ1n) is 7.25. The second kappa shape index (κ2) is 7.29. The van der Waals surface area contributed by atoms with E-state index >= 15 is 0 Å². The first-order chi connectivity index (χ1) is 9.31. The Labute approximate surface area is 115 Å². The molecule has 1 atom stereocenters. The van der Waals surface area contributed by atoms with Gasteiger partial charge in [0.25, 0.3) is 5.91 Å². The molecule has 0 saturated carbocycles. The molecule has 1 saturated heterocycles. The number of benzene rings is 1. The first-order valence-corrected chi connectivity index (χ1v) is 7.25. The second-order valence-corrected chi connectivity index (χ2v) is 5.10. The van der Waals surface area contributed by atoms with Crippen LogP contribution in [0.1, 0.15) is 38.2 Å². The highest BCUT2D eigenvalue weighted by Gasteiger charge is 2.27. The number of rotatable bonds is 6. The van der Waals surface area contributed by atoms with Gasteiger partial charge in [0.05, 0.1) is 0 Å². The van der Waals surface area contributed by atoms with Crippen LogP contribution in [0.5, 0.6) is 0 Å². The molecule has 2 rings (SSSR count). The van der Waals surface area contributed by atoms with E-state index in [0.717, 1.165) is 38.8 Å². The van der Waals surface area contributed by atoms with Crippen molar-refractivity contribution in [2.45, 2.75) is 45.3 Å². The fourth-order valence-electron chi connectivity index (χ4n) is 2.40. The summed E-state index contributed by atoms with van der Waals surface area (Å²) in [6.45, 7) is 4.39. The number of amides is 1. The smallest absolute Gasteiger partial charge is 0.251 e. The van der Waals surface area contributed by atoms with Crippen molar-refractivity contribution in [3.8, 4) is 0 Å². The van der Waals surface area contributed by atoms with Gasteiger partial charge in [-0.1, -0.05) is 43.7 Å². The van der Waals surface area contributed by atoms with E-state index in [1.165, 1.54) is 5.56 Å². The van der Waals surface area contributed by atoms with Gasteiger partial charge in [-0.3, -0.25) is 4.79 Å². The first kappa shape index (κ1) is 14.1. The third kappa shape index (κ3) is 4.06. The molecule has 19 heavy (non-hydrogen) atoms. The van der Waals surface area contributed by atoms with Crippen LogP contribution >= 0.6 is 0 Å². The van der Waals surface area contributed by atoms with Crippen LogP contribution in [0.2, 0.25) is 0 Å². The maximum atomic E-state index is 12.5. The number of ether oxygens (including phenoxy) is 1. The zero-order valence-corrected chi connectivity index (χ0v) is 11.7. The normalized spacial score (nSPS) is 18.5. The maximum Gasteiger partial charge on any atom is 0.251 e. The zero-order chi connectivity index (χ0) is 13.5. The molecule has 1 aliphatic rings. The fourth-order valence-corrected chi connectivity index (χ4v) is 2.40. The van der Waals surface area contributed by atoms with Gasteiger partial charge in [-0.05, 0) is 24.8 Å². The Kier molecular flexibility index (Phi) is 5.40. The van der Waals surface area contributed by atoms with Gasteiger partial charge in [0.2, 0.25) is 0 Å². The molecule has 1 fully saturated rings. The topological polar surface area (TPSA) is 29.5 Å². The number of carbonyl (C=O) groups is 1. The van der Waals surface area contributed by atoms with E-state index in [9.17, 15) is 4.79 Å². The molecule has 0 bridgehead atoms. The fraction of sp³-hybridized carbons (Fsp3) is 0.562. The second-order valence-electron chi connectivity index (χ2n) is 5.10. The van der Waals surface area contributed by atoms with Gasteiger partial charge >= 0.3 is 0 Å². The van der Waals surface area contributed by atoms with E-state index in [1.54, 1.807) is 0 Å². The summed E-state index contributed by atoms with van der Waals surface area (Å²) in [4.78, 5) is 14.4. The van der Waals surface area contributed by atoms with Gasteiger partial charge in [0.1, 0.15) is 6.10 Å². The summed E-state index contributed by atoms with van der Waals surface area (Å²) in [6.07, 6.45) is 3.82. The number of unbranched alkanes of at least 4 members (excludes halogenated alkanes) is 1. The van der Waals surface area contributed by atoms with Gasteiger partial charge in [-0.2, -0.15) is 0 Å². The lowest BCUT2D eigenvalue weighted by Crippen LogP contribution is -2.39. The van der Waals surface area contributed by atoms with E-state index in [-0.39, 0.29) is 12.0 Å². The Balaban J connectivity index is 2.00. The molecule has 0 spiro atoms. The molecule has 1 heterocycles. The minimum absolute atomic E-state index is 0.162. The van der Waals surface area contributed by atoms with Crippen molar-refractivity contribution in [3.05, 3.63) is 35.9 Å². The van der Waals surface area contributed by atoms with Gasteiger partial charge in [-0.15, -0.1) is 0 Å². The van der Waals surface area contributed by atoms with Gasteiger partial charge in [0.15, 0.2) is 0 Å². The average Bonchev–Trinajstić information content (AvgIpc) is 2.98. The number of nitrogens with zero attached hydrogens (tertiary/aromatic N) is 1. The maximum absolute atomic E-state index is 12.5. The monoisotopic (exact) mass is 261 g/mol. The summed E-state index contributed by atoms with van der Waals surface area (Å²) in [5.74, 6) is 0.162. The summed E-state index contributed by atoms with van der Waals surface area (Å²) >= 11 is 0. The van der Waals surface area contributed by atoms with E-state index in [2.05, 4.69) is 19.1 Å². The molecule has 1 aromatic rings. The Morgan fingerprint density at radius 2 is 2.16 bits per heavy atom. The summed E-state index contributed by atoms with van der Waals surface area (Å²) < 4.78 is 5.52. The Hall–Kier alpha value is -1.35. The summed E-state index contributed by atoms with van der Waals surface area (Å²) in [6, 6.07) is 10.2. The van der Waals surface area contributed by atoms with Crippen LogP contribution < -0.4 is 0 Å². The number of carbonyl (C=O) groups excluding carboxylic acids is 1. The highest BCUT2D eigenvalue weighted by molar-refractivity contribution is 5.81. The Morgan fingerprint density at radius 1 is 1.37 bits per heavy atom.